The van der Waals surface area contributed by atoms with Gasteiger partial charge in [-0.2, -0.15) is 0 Å². The van der Waals surface area contributed by atoms with Crippen LogP contribution < -0.4 is 4.74 Å². The fourth-order valence-corrected chi connectivity index (χ4v) is 3.06. The summed E-state index contributed by atoms with van der Waals surface area (Å²) >= 11 is 0. The summed E-state index contributed by atoms with van der Waals surface area (Å²) in [5.74, 6) is -3.70. The zero-order chi connectivity index (χ0) is 24.0. The van der Waals surface area contributed by atoms with Crippen molar-refractivity contribution in [2.24, 2.45) is 0 Å². The molecule has 1 aliphatic heterocycles. The van der Waals surface area contributed by atoms with Crippen molar-refractivity contribution in [3.05, 3.63) is 23.8 Å². The third-order valence-electron chi connectivity index (χ3n) is 4.31. The van der Waals surface area contributed by atoms with Gasteiger partial charge in [0.2, 0.25) is 12.4 Å². The van der Waals surface area contributed by atoms with Crippen LogP contribution >= 0.6 is 0 Å². The largest absolute Gasteiger partial charge is 0.507 e. The lowest BCUT2D eigenvalue weighted by Gasteiger charge is -2.43. The Kier molecular flexibility index (Phi) is 8.38. The maximum atomic E-state index is 12.3. The van der Waals surface area contributed by atoms with Crippen molar-refractivity contribution in [2.45, 2.75) is 58.1 Å². The van der Waals surface area contributed by atoms with Gasteiger partial charge in [-0.25, -0.2) is 4.79 Å². The predicted octanol–water partition coefficient (Wildman–Crippen LogP) is -0.0437. The monoisotopic (exact) mass is 456 g/mol. The summed E-state index contributed by atoms with van der Waals surface area (Å²) in [6.45, 7) is 2.79. The van der Waals surface area contributed by atoms with Crippen LogP contribution in [0.1, 0.15) is 26.3 Å². The number of aliphatic hydroxyl groups excluding tert-OH is 1. The second kappa shape index (κ2) is 10.8. The molecule has 0 aromatic heterocycles. The summed E-state index contributed by atoms with van der Waals surface area (Å²) in [7, 11) is 1.07. The van der Waals surface area contributed by atoms with E-state index in [1.54, 1.807) is 0 Å². The highest BCUT2D eigenvalue weighted by molar-refractivity contribution is 5.77. The Morgan fingerprint density at radius 2 is 1.50 bits per heavy atom. The number of rotatable bonds is 7. The molecule has 12 heteroatoms. The van der Waals surface area contributed by atoms with E-state index < -0.39 is 61.2 Å². The topological polar surface area (TPSA) is 164 Å². The van der Waals surface area contributed by atoms with E-state index in [9.17, 15) is 29.4 Å². The van der Waals surface area contributed by atoms with Crippen LogP contribution in [-0.2, 0) is 49.5 Å². The van der Waals surface area contributed by atoms with Gasteiger partial charge in [0.15, 0.2) is 18.3 Å². The number of carbonyl (C=O) groups is 4. The minimum absolute atomic E-state index is 0.0120. The minimum atomic E-state index is -1.60. The third kappa shape index (κ3) is 6.08. The summed E-state index contributed by atoms with van der Waals surface area (Å²) in [6, 6.07) is 3.91. The molecule has 3 unspecified atom stereocenters. The molecule has 176 valence electrons. The molecule has 0 bridgehead atoms. The normalized spacial score (nSPS) is 24.7. The molecule has 0 radical (unpaired) electrons. The summed E-state index contributed by atoms with van der Waals surface area (Å²) in [5.41, 5.74) is 0.221. The van der Waals surface area contributed by atoms with Gasteiger partial charge in [0.1, 0.15) is 11.5 Å². The maximum Gasteiger partial charge on any atom is 0.339 e. The van der Waals surface area contributed by atoms with Crippen molar-refractivity contribution in [1.29, 1.82) is 0 Å². The molecule has 1 aliphatic rings. The minimum Gasteiger partial charge on any atom is -0.507 e. The molecule has 1 aromatic rings. The first-order chi connectivity index (χ1) is 15.1. The van der Waals surface area contributed by atoms with Gasteiger partial charge < -0.3 is 38.6 Å². The molecule has 1 fully saturated rings. The van der Waals surface area contributed by atoms with E-state index in [0.29, 0.717) is 0 Å². The first-order valence-corrected chi connectivity index (χ1v) is 9.41. The number of aliphatic hydroxyl groups is 1. The number of methoxy groups -OCH3 is 1. The average molecular weight is 456 g/mol. The van der Waals surface area contributed by atoms with Crippen molar-refractivity contribution in [3.63, 3.8) is 0 Å². The van der Waals surface area contributed by atoms with Crippen molar-refractivity contribution in [3.8, 4) is 11.5 Å². The Morgan fingerprint density at radius 3 is 2.00 bits per heavy atom. The second-order valence-electron chi connectivity index (χ2n) is 6.74. The van der Waals surface area contributed by atoms with E-state index in [1.807, 2.05) is 0 Å². The summed E-state index contributed by atoms with van der Waals surface area (Å²) in [6.07, 6.45) is -7.62. The molecule has 12 nitrogen and oxygen atoms in total. The Bertz CT molecular complexity index is 866. The summed E-state index contributed by atoms with van der Waals surface area (Å²) < 4.78 is 31.6. The van der Waals surface area contributed by atoms with Gasteiger partial charge >= 0.3 is 23.9 Å². The Morgan fingerprint density at radius 1 is 0.938 bits per heavy atom. The predicted molar refractivity (Wildman–Crippen MR) is 102 cm³/mol. The van der Waals surface area contributed by atoms with Crippen molar-refractivity contribution in [2.75, 3.05) is 7.11 Å². The van der Waals surface area contributed by atoms with E-state index in [4.69, 9.17) is 28.4 Å². The molecule has 1 saturated heterocycles. The van der Waals surface area contributed by atoms with Crippen molar-refractivity contribution in [1.82, 2.24) is 0 Å². The highest BCUT2D eigenvalue weighted by Gasteiger charge is 2.55. The third-order valence-corrected chi connectivity index (χ3v) is 4.31. The number of aromatic hydroxyl groups is 1. The van der Waals surface area contributed by atoms with Crippen LogP contribution in [0, 0.1) is 0 Å². The summed E-state index contributed by atoms with van der Waals surface area (Å²) in [5, 5.41) is 19.1. The maximum absolute atomic E-state index is 12.3. The van der Waals surface area contributed by atoms with Crippen LogP contribution in [-0.4, -0.2) is 71.9 Å². The number of phenols is 1. The molecule has 0 amide bonds. The zero-order valence-corrected chi connectivity index (χ0v) is 17.8. The van der Waals surface area contributed by atoms with E-state index in [2.05, 4.69) is 0 Å². The van der Waals surface area contributed by atoms with E-state index in [0.717, 1.165) is 33.9 Å². The molecule has 0 spiro atoms. The first kappa shape index (κ1) is 24.9. The van der Waals surface area contributed by atoms with Crippen LogP contribution in [0.4, 0.5) is 0 Å². The number of ether oxygens (including phenoxy) is 6. The number of hydrogen-bond acceptors (Lipinski definition) is 12. The Balaban J connectivity index is 2.50. The van der Waals surface area contributed by atoms with Crippen LogP contribution in [0.25, 0.3) is 0 Å². The number of benzene rings is 1. The highest BCUT2D eigenvalue weighted by atomic mass is 16.7. The van der Waals surface area contributed by atoms with Crippen molar-refractivity contribution < 1.29 is 57.8 Å². The number of esters is 4. The molecule has 2 N–H and O–H groups in total. The fraction of sp³-hybridized carbons (Fsp3) is 0.500. The quantitative estimate of drug-likeness (QED) is 0.416. The molecule has 5 atom stereocenters. The van der Waals surface area contributed by atoms with Gasteiger partial charge in [-0.1, -0.05) is 0 Å². The van der Waals surface area contributed by atoms with Crippen LogP contribution in [0.15, 0.2) is 18.2 Å². The molecular weight excluding hydrogens is 432 g/mol. The molecule has 0 aliphatic carbocycles. The van der Waals surface area contributed by atoms with Gasteiger partial charge in [-0.05, 0) is 12.1 Å². The molecular formula is C20H24O12. The molecule has 0 saturated carbocycles. The lowest BCUT2D eigenvalue weighted by Crippen LogP contribution is -2.64. The van der Waals surface area contributed by atoms with Crippen LogP contribution in [0.2, 0.25) is 0 Å². The zero-order valence-electron chi connectivity index (χ0n) is 17.8. The lowest BCUT2D eigenvalue weighted by molar-refractivity contribution is -0.282. The van der Waals surface area contributed by atoms with E-state index >= 15 is 0 Å². The van der Waals surface area contributed by atoms with E-state index in [-0.39, 0.29) is 17.1 Å². The van der Waals surface area contributed by atoms with Crippen LogP contribution in [0.3, 0.4) is 0 Å². The Labute approximate surface area is 182 Å². The molecule has 32 heavy (non-hydrogen) atoms. The van der Waals surface area contributed by atoms with Gasteiger partial charge in [-0.15, -0.1) is 0 Å². The van der Waals surface area contributed by atoms with Crippen LogP contribution in [0.5, 0.6) is 11.5 Å². The van der Waals surface area contributed by atoms with Gasteiger partial charge in [0.25, 0.3) is 0 Å². The molecule has 1 heterocycles. The van der Waals surface area contributed by atoms with Gasteiger partial charge in [0.05, 0.1) is 13.7 Å². The second-order valence-corrected chi connectivity index (χ2v) is 6.74. The fourth-order valence-electron chi connectivity index (χ4n) is 3.06. The van der Waals surface area contributed by atoms with Crippen molar-refractivity contribution >= 4 is 23.9 Å². The number of hydrogen-bond donors (Lipinski definition) is 2. The molecule has 1 aromatic carbocycles. The SMILES string of the molecule is COC(=O)C1OC(Oc2ccc(CO)c(O)c2)[C@H](OC(C)=O)C(OC(C)=O)[C@@H]1OC(C)=O. The highest BCUT2D eigenvalue weighted by Crippen LogP contribution is 2.32. The molecule has 2 rings (SSSR count). The summed E-state index contributed by atoms with van der Waals surface area (Å²) in [4.78, 5) is 47.5. The smallest absolute Gasteiger partial charge is 0.339 e. The lowest BCUT2D eigenvalue weighted by atomic mass is 9.97. The van der Waals surface area contributed by atoms with Gasteiger partial charge in [-0.3, -0.25) is 14.4 Å². The Hall–Kier alpha value is -3.38. The first-order valence-electron chi connectivity index (χ1n) is 9.41. The van der Waals surface area contributed by atoms with E-state index in [1.165, 1.54) is 12.1 Å². The van der Waals surface area contributed by atoms with Gasteiger partial charge in [0, 0.05) is 32.4 Å². The standard InChI is InChI=1S/C20H24O12/c1-9(22)28-15-16(29-10(2)23)18(30-11(3)24)20(32-17(15)19(26)27-4)31-13-6-5-12(8-21)14(25)7-13/h5-7,15-18,20-21,25H,8H2,1-4H3/t15-,16?,17?,18+,20?/m0/s1. The average Bonchev–Trinajstić information content (AvgIpc) is 2.70. The number of carbonyl (C=O) groups excluding carboxylic acids is 4.